The monoisotopic (exact) mass is 377 g/mol. The maximum atomic E-state index is 12.0. The van der Waals surface area contributed by atoms with E-state index in [0.717, 1.165) is 0 Å². The first-order valence-electron chi connectivity index (χ1n) is 7.56. The summed E-state index contributed by atoms with van der Waals surface area (Å²) in [7, 11) is -3.14. The van der Waals surface area contributed by atoms with Crippen molar-refractivity contribution in [2.24, 2.45) is 4.99 Å². The Balaban J connectivity index is 1.99. The minimum absolute atomic E-state index is 0.00934. The second-order valence-electron chi connectivity index (χ2n) is 5.90. The number of amides is 1. The molecular formula is C16H15N3O4S2. The number of ketones is 1. The minimum Gasteiger partial charge on any atom is -0.316 e. The van der Waals surface area contributed by atoms with E-state index in [-0.39, 0.29) is 35.0 Å². The molecule has 3 rings (SSSR count). The summed E-state index contributed by atoms with van der Waals surface area (Å²) in [5, 5.41) is 8.84. The Kier molecular flexibility index (Phi) is 4.67. The fraction of sp³-hybridized carbons (Fsp3) is 0.375. The quantitative estimate of drug-likeness (QED) is 0.733. The van der Waals surface area contributed by atoms with Crippen molar-refractivity contribution in [2.75, 3.05) is 16.4 Å². The number of nitrogens with zero attached hydrogens (tertiary/aromatic N) is 3. The molecule has 0 aromatic heterocycles. The van der Waals surface area contributed by atoms with Gasteiger partial charge in [0.25, 0.3) is 5.91 Å². The molecule has 0 spiro atoms. The number of rotatable bonds is 3. The highest BCUT2D eigenvalue weighted by molar-refractivity contribution is 8.16. The van der Waals surface area contributed by atoms with Crippen LogP contribution in [0.15, 0.2) is 29.3 Å². The molecule has 2 fully saturated rings. The molecule has 2 aliphatic heterocycles. The van der Waals surface area contributed by atoms with E-state index in [0.29, 0.717) is 16.4 Å². The summed E-state index contributed by atoms with van der Waals surface area (Å²) in [5.74, 6) is -0.597. The molecule has 130 valence electrons. The molecule has 2 atom stereocenters. The Morgan fingerprint density at radius 3 is 2.60 bits per heavy atom. The standard InChI is InChI=1S/C16H15N3O4S2/c1-10(20)11-2-4-12(5-3-11)19-13-8-25(22,23)9-14(13)24-16(19)18-15(21)6-7-17/h2-5,13-14H,6,8-9H2,1H3/t13-,14-/m1/s1. The number of anilines is 1. The van der Waals surface area contributed by atoms with Gasteiger partial charge >= 0.3 is 0 Å². The van der Waals surface area contributed by atoms with Crippen LogP contribution >= 0.6 is 11.8 Å². The number of carbonyl (C=O) groups excluding carboxylic acids is 2. The van der Waals surface area contributed by atoms with Crippen LogP contribution in [0.3, 0.4) is 0 Å². The first-order valence-corrected chi connectivity index (χ1v) is 10.3. The molecular weight excluding hydrogens is 362 g/mol. The van der Waals surface area contributed by atoms with E-state index in [9.17, 15) is 18.0 Å². The number of Topliss-reactive ketones (excluding diaryl/α,β-unsaturated/α-hetero) is 1. The van der Waals surface area contributed by atoms with Gasteiger partial charge in [0.2, 0.25) is 0 Å². The molecule has 2 heterocycles. The highest BCUT2D eigenvalue weighted by Gasteiger charge is 2.49. The highest BCUT2D eigenvalue weighted by Crippen LogP contribution is 2.41. The number of sulfone groups is 1. The molecule has 9 heteroatoms. The molecule has 7 nitrogen and oxygen atoms in total. The number of nitriles is 1. The lowest BCUT2D eigenvalue weighted by Gasteiger charge is -2.24. The van der Waals surface area contributed by atoms with E-state index in [2.05, 4.69) is 4.99 Å². The van der Waals surface area contributed by atoms with Gasteiger partial charge in [0.05, 0.1) is 23.6 Å². The number of hydrogen-bond acceptors (Lipinski definition) is 6. The van der Waals surface area contributed by atoms with Gasteiger partial charge in [-0.05, 0) is 31.2 Å². The Morgan fingerprint density at radius 2 is 2.00 bits per heavy atom. The second kappa shape index (κ2) is 6.61. The first kappa shape index (κ1) is 17.6. The van der Waals surface area contributed by atoms with Crippen LogP contribution in [0.5, 0.6) is 0 Å². The third-order valence-electron chi connectivity index (χ3n) is 4.07. The third kappa shape index (κ3) is 3.60. The summed E-state index contributed by atoms with van der Waals surface area (Å²) >= 11 is 1.25. The summed E-state index contributed by atoms with van der Waals surface area (Å²) < 4.78 is 23.9. The summed E-state index contributed by atoms with van der Waals surface area (Å²) in [6, 6.07) is 8.20. The van der Waals surface area contributed by atoms with Gasteiger partial charge in [-0.15, -0.1) is 0 Å². The lowest BCUT2D eigenvalue weighted by molar-refractivity contribution is -0.116. The van der Waals surface area contributed by atoms with Crippen LogP contribution in [0.25, 0.3) is 0 Å². The van der Waals surface area contributed by atoms with Gasteiger partial charge < -0.3 is 4.90 Å². The molecule has 1 aromatic carbocycles. The van der Waals surface area contributed by atoms with Gasteiger partial charge in [0.15, 0.2) is 20.8 Å². The van der Waals surface area contributed by atoms with E-state index < -0.39 is 15.7 Å². The topological polar surface area (TPSA) is 108 Å². The van der Waals surface area contributed by atoms with Crippen LogP contribution in [-0.2, 0) is 14.6 Å². The Labute approximate surface area is 149 Å². The molecule has 2 aliphatic rings. The number of amidine groups is 1. The summed E-state index contributed by atoms with van der Waals surface area (Å²) in [5.41, 5.74) is 1.22. The van der Waals surface area contributed by atoms with Gasteiger partial charge in [-0.3, -0.25) is 9.59 Å². The molecule has 0 saturated carbocycles. The fourth-order valence-electron chi connectivity index (χ4n) is 2.94. The smallest absolute Gasteiger partial charge is 0.262 e. The average Bonchev–Trinajstić information content (AvgIpc) is 2.98. The maximum absolute atomic E-state index is 12.0. The van der Waals surface area contributed by atoms with Crippen LogP contribution in [0, 0.1) is 11.3 Å². The molecule has 1 aromatic rings. The third-order valence-corrected chi connectivity index (χ3v) is 7.28. The van der Waals surface area contributed by atoms with Gasteiger partial charge in [-0.1, -0.05) is 11.8 Å². The lowest BCUT2D eigenvalue weighted by Crippen LogP contribution is -2.37. The number of hydrogen-bond donors (Lipinski definition) is 0. The van der Waals surface area contributed by atoms with Crippen molar-refractivity contribution in [1.82, 2.24) is 0 Å². The predicted molar refractivity (Wildman–Crippen MR) is 95.4 cm³/mol. The van der Waals surface area contributed by atoms with Crippen LogP contribution in [0.2, 0.25) is 0 Å². The Morgan fingerprint density at radius 1 is 1.32 bits per heavy atom. The van der Waals surface area contributed by atoms with E-state index in [4.69, 9.17) is 5.26 Å². The zero-order valence-corrected chi connectivity index (χ0v) is 15.0. The van der Waals surface area contributed by atoms with Crippen molar-refractivity contribution in [3.8, 4) is 6.07 Å². The first-order chi connectivity index (χ1) is 11.8. The highest BCUT2D eigenvalue weighted by atomic mass is 32.2. The second-order valence-corrected chi connectivity index (χ2v) is 9.26. The maximum Gasteiger partial charge on any atom is 0.262 e. The largest absolute Gasteiger partial charge is 0.316 e. The Hall–Kier alpha value is -2.18. The fourth-order valence-corrected chi connectivity index (χ4v) is 6.87. The predicted octanol–water partition coefficient (Wildman–Crippen LogP) is 1.40. The SMILES string of the molecule is CC(=O)c1ccc(N2C(=NC(=O)CC#N)S[C@@H]3CS(=O)(=O)C[C@H]32)cc1. The van der Waals surface area contributed by atoms with Crippen molar-refractivity contribution in [1.29, 1.82) is 5.26 Å². The van der Waals surface area contributed by atoms with Gasteiger partial charge in [0, 0.05) is 16.5 Å². The zero-order chi connectivity index (χ0) is 18.2. The molecule has 2 saturated heterocycles. The molecule has 0 radical (unpaired) electrons. The molecule has 0 unspecified atom stereocenters. The van der Waals surface area contributed by atoms with E-state index >= 15 is 0 Å². The number of fused-ring (bicyclic) bond motifs is 1. The minimum atomic E-state index is -3.14. The molecule has 0 bridgehead atoms. The van der Waals surface area contributed by atoms with Crippen LogP contribution < -0.4 is 4.90 Å². The summed E-state index contributed by atoms with van der Waals surface area (Å²) in [6.45, 7) is 1.47. The normalized spacial score (nSPS) is 25.6. The number of aliphatic imine (C=N–C) groups is 1. The number of benzene rings is 1. The van der Waals surface area contributed by atoms with Crippen molar-refractivity contribution in [3.63, 3.8) is 0 Å². The lowest BCUT2D eigenvalue weighted by atomic mass is 10.1. The van der Waals surface area contributed by atoms with Crippen LogP contribution in [0.1, 0.15) is 23.7 Å². The number of carbonyl (C=O) groups is 2. The average molecular weight is 377 g/mol. The van der Waals surface area contributed by atoms with E-state index in [1.807, 2.05) is 0 Å². The molecule has 25 heavy (non-hydrogen) atoms. The van der Waals surface area contributed by atoms with Crippen molar-refractivity contribution in [2.45, 2.75) is 24.6 Å². The van der Waals surface area contributed by atoms with E-state index in [1.165, 1.54) is 18.7 Å². The van der Waals surface area contributed by atoms with Gasteiger partial charge in [-0.25, -0.2) is 8.42 Å². The van der Waals surface area contributed by atoms with Crippen molar-refractivity contribution >= 4 is 44.1 Å². The van der Waals surface area contributed by atoms with Gasteiger partial charge in [-0.2, -0.15) is 10.3 Å². The summed E-state index contributed by atoms with van der Waals surface area (Å²) in [6.07, 6.45) is -0.325. The van der Waals surface area contributed by atoms with Gasteiger partial charge in [0.1, 0.15) is 6.42 Å². The molecule has 0 aliphatic carbocycles. The van der Waals surface area contributed by atoms with Crippen LogP contribution in [0.4, 0.5) is 5.69 Å². The van der Waals surface area contributed by atoms with E-state index in [1.54, 1.807) is 35.2 Å². The van der Waals surface area contributed by atoms with Crippen LogP contribution in [-0.4, -0.2) is 48.1 Å². The van der Waals surface area contributed by atoms with Crippen molar-refractivity contribution in [3.05, 3.63) is 29.8 Å². The molecule has 1 amide bonds. The Bertz CT molecular complexity index is 900. The zero-order valence-electron chi connectivity index (χ0n) is 13.4. The van der Waals surface area contributed by atoms with Crippen molar-refractivity contribution < 1.29 is 18.0 Å². The summed E-state index contributed by atoms with van der Waals surface area (Å²) in [4.78, 5) is 28.9. The molecule has 0 N–H and O–H groups in total. The number of thioether (sulfide) groups is 1.